The van der Waals surface area contributed by atoms with Gasteiger partial charge in [0.15, 0.2) is 5.82 Å². The molecule has 16 heavy (non-hydrogen) atoms. The topological polar surface area (TPSA) is 101 Å². The van der Waals surface area contributed by atoms with Crippen LogP contribution in [0.3, 0.4) is 0 Å². The highest BCUT2D eigenvalue weighted by atomic mass is 16.1. The first-order valence-electron chi connectivity index (χ1n) is 5.43. The van der Waals surface area contributed by atoms with Crippen molar-refractivity contribution in [1.82, 2.24) is 9.97 Å². The zero-order chi connectivity index (χ0) is 11.7. The van der Waals surface area contributed by atoms with E-state index < -0.39 is 0 Å². The molecule has 0 saturated carbocycles. The van der Waals surface area contributed by atoms with Crippen molar-refractivity contribution in [2.24, 2.45) is 11.7 Å². The highest BCUT2D eigenvalue weighted by Crippen LogP contribution is 2.22. The molecule has 5 N–H and O–H groups in total. The number of H-pyrrole nitrogens is 1. The molecule has 1 aliphatic heterocycles. The van der Waals surface area contributed by atoms with E-state index >= 15 is 0 Å². The number of nitrogens with one attached hydrogen (secondary N) is 1. The Morgan fingerprint density at radius 3 is 3.06 bits per heavy atom. The minimum atomic E-state index is -0.285. The molecule has 6 heteroatoms. The smallest absolute Gasteiger partial charge is 0.276 e. The van der Waals surface area contributed by atoms with Gasteiger partial charge >= 0.3 is 0 Å². The lowest BCUT2D eigenvalue weighted by Gasteiger charge is -2.36. The number of nitrogens with two attached hydrogens (primary N) is 2. The molecule has 88 valence electrons. The van der Waals surface area contributed by atoms with Crippen LogP contribution < -0.4 is 21.9 Å². The van der Waals surface area contributed by atoms with Gasteiger partial charge in [-0.1, -0.05) is 6.92 Å². The summed E-state index contributed by atoms with van der Waals surface area (Å²) in [5, 5.41) is 0. The second-order valence-corrected chi connectivity index (χ2v) is 4.34. The van der Waals surface area contributed by atoms with Crippen molar-refractivity contribution in [2.75, 3.05) is 23.7 Å². The number of aromatic amines is 1. The van der Waals surface area contributed by atoms with Gasteiger partial charge in [0.05, 0.1) is 6.33 Å². The van der Waals surface area contributed by atoms with Crippen LogP contribution in [0.1, 0.15) is 13.3 Å². The van der Waals surface area contributed by atoms with Crippen LogP contribution in [-0.4, -0.2) is 29.1 Å². The van der Waals surface area contributed by atoms with Crippen molar-refractivity contribution in [2.45, 2.75) is 19.4 Å². The van der Waals surface area contributed by atoms with Gasteiger partial charge in [0.2, 0.25) is 0 Å². The Hall–Kier alpha value is -1.56. The van der Waals surface area contributed by atoms with E-state index in [0.29, 0.717) is 11.7 Å². The van der Waals surface area contributed by atoms with Gasteiger partial charge in [-0.3, -0.25) is 4.79 Å². The van der Waals surface area contributed by atoms with Crippen LogP contribution in [0, 0.1) is 5.92 Å². The zero-order valence-corrected chi connectivity index (χ0v) is 9.31. The molecule has 0 amide bonds. The molecule has 2 unspecified atom stereocenters. The summed E-state index contributed by atoms with van der Waals surface area (Å²) in [5.74, 6) is 0.955. The van der Waals surface area contributed by atoms with E-state index in [1.54, 1.807) is 0 Å². The minimum Gasteiger partial charge on any atom is -0.391 e. The molecule has 6 nitrogen and oxygen atoms in total. The van der Waals surface area contributed by atoms with Crippen molar-refractivity contribution in [3.05, 3.63) is 16.7 Å². The normalized spacial score (nSPS) is 25.8. The van der Waals surface area contributed by atoms with E-state index in [4.69, 9.17) is 11.5 Å². The van der Waals surface area contributed by atoms with Crippen LogP contribution in [0.25, 0.3) is 0 Å². The van der Waals surface area contributed by atoms with E-state index in [0.717, 1.165) is 19.5 Å². The zero-order valence-electron chi connectivity index (χ0n) is 9.31. The largest absolute Gasteiger partial charge is 0.391 e. The van der Waals surface area contributed by atoms with E-state index in [-0.39, 0.29) is 17.3 Å². The Morgan fingerprint density at radius 1 is 1.62 bits per heavy atom. The average molecular weight is 223 g/mol. The minimum absolute atomic E-state index is 0.185. The SMILES string of the molecule is CC1CN(c2nc[nH]c(=O)c2N)CCC1N. The molecule has 1 aromatic rings. The lowest BCUT2D eigenvalue weighted by Crippen LogP contribution is -2.46. The molecule has 1 aromatic heterocycles. The van der Waals surface area contributed by atoms with Crippen LogP contribution in [0.15, 0.2) is 11.1 Å². The Bertz CT molecular complexity index is 429. The van der Waals surface area contributed by atoms with Gasteiger partial charge in [0, 0.05) is 19.1 Å². The summed E-state index contributed by atoms with van der Waals surface area (Å²) < 4.78 is 0. The Kier molecular flexibility index (Phi) is 2.82. The van der Waals surface area contributed by atoms with Crippen LogP contribution in [0.5, 0.6) is 0 Å². The molecule has 0 aromatic carbocycles. The standard InChI is InChI=1S/C10H17N5O/c1-6-4-15(3-2-7(6)11)9-8(12)10(16)14-5-13-9/h5-7H,2-4,11-12H2,1H3,(H,13,14,16). The fourth-order valence-electron chi connectivity index (χ4n) is 2.01. The van der Waals surface area contributed by atoms with Crippen molar-refractivity contribution in [3.63, 3.8) is 0 Å². The van der Waals surface area contributed by atoms with Gasteiger partial charge in [-0.25, -0.2) is 4.98 Å². The summed E-state index contributed by atoms with van der Waals surface area (Å²) >= 11 is 0. The van der Waals surface area contributed by atoms with Crippen molar-refractivity contribution in [1.29, 1.82) is 0 Å². The number of anilines is 2. The summed E-state index contributed by atoms with van der Waals surface area (Å²) in [7, 11) is 0. The Morgan fingerprint density at radius 2 is 2.38 bits per heavy atom. The molecule has 0 spiro atoms. The second kappa shape index (κ2) is 4.13. The second-order valence-electron chi connectivity index (χ2n) is 4.34. The monoisotopic (exact) mass is 223 g/mol. The maximum atomic E-state index is 11.4. The first-order valence-corrected chi connectivity index (χ1v) is 5.43. The summed E-state index contributed by atoms with van der Waals surface area (Å²) in [4.78, 5) is 20.0. The number of rotatable bonds is 1. The summed E-state index contributed by atoms with van der Waals surface area (Å²) in [6, 6.07) is 0.222. The molecule has 1 aliphatic rings. The lowest BCUT2D eigenvalue weighted by molar-refractivity contribution is 0.381. The third-order valence-corrected chi connectivity index (χ3v) is 3.14. The van der Waals surface area contributed by atoms with E-state index in [9.17, 15) is 4.79 Å². The third kappa shape index (κ3) is 1.88. The predicted molar refractivity (Wildman–Crippen MR) is 63.2 cm³/mol. The fourth-order valence-corrected chi connectivity index (χ4v) is 2.01. The highest BCUT2D eigenvalue weighted by molar-refractivity contribution is 5.61. The van der Waals surface area contributed by atoms with Gasteiger partial charge in [-0.2, -0.15) is 0 Å². The first-order chi connectivity index (χ1) is 7.59. The van der Waals surface area contributed by atoms with Gasteiger partial charge in [0.25, 0.3) is 5.56 Å². The average Bonchev–Trinajstić information content (AvgIpc) is 2.26. The van der Waals surface area contributed by atoms with Gasteiger partial charge < -0.3 is 21.4 Å². The number of piperidine rings is 1. The molecule has 2 heterocycles. The number of hydrogen-bond donors (Lipinski definition) is 3. The molecular formula is C10H17N5O. The van der Waals surface area contributed by atoms with E-state index in [1.807, 2.05) is 4.90 Å². The quantitative estimate of drug-likeness (QED) is 0.597. The van der Waals surface area contributed by atoms with E-state index in [2.05, 4.69) is 16.9 Å². The summed E-state index contributed by atoms with van der Waals surface area (Å²) in [6.07, 6.45) is 2.28. The van der Waals surface area contributed by atoms with Crippen molar-refractivity contribution in [3.8, 4) is 0 Å². The van der Waals surface area contributed by atoms with Crippen LogP contribution in [0.2, 0.25) is 0 Å². The Labute approximate surface area is 93.7 Å². The number of hydrogen-bond acceptors (Lipinski definition) is 5. The molecule has 0 aliphatic carbocycles. The maximum Gasteiger partial charge on any atom is 0.276 e. The highest BCUT2D eigenvalue weighted by Gasteiger charge is 2.25. The van der Waals surface area contributed by atoms with Crippen LogP contribution in [0.4, 0.5) is 11.5 Å². The molecule has 2 atom stereocenters. The third-order valence-electron chi connectivity index (χ3n) is 3.14. The summed E-state index contributed by atoms with van der Waals surface area (Å²) in [6.45, 7) is 3.69. The number of nitrogens with zero attached hydrogens (tertiary/aromatic N) is 2. The van der Waals surface area contributed by atoms with Gasteiger partial charge in [0.1, 0.15) is 5.69 Å². The maximum absolute atomic E-state index is 11.4. The molecule has 0 radical (unpaired) electrons. The molecular weight excluding hydrogens is 206 g/mol. The number of aromatic nitrogens is 2. The first kappa shape index (κ1) is 10.9. The molecule has 2 rings (SSSR count). The van der Waals surface area contributed by atoms with Crippen LogP contribution >= 0.6 is 0 Å². The molecule has 0 bridgehead atoms. The van der Waals surface area contributed by atoms with Crippen LogP contribution in [-0.2, 0) is 0 Å². The van der Waals surface area contributed by atoms with E-state index in [1.165, 1.54) is 6.33 Å². The summed E-state index contributed by atoms with van der Waals surface area (Å²) in [5.41, 5.74) is 11.6. The van der Waals surface area contributed by atoms with Gasteiger partial charge in [-0.15, -0.1) is 0 Å². The lowest BCUT2D eigenvalue weighted by atomic mass is 9.95. The fraction of sp³-hybridized carbons (Fsp3) is 0.600. The van der Waals surface area contributed by atoms with Gasteiger partial charge in [-0.05, 0) is 12.3 Å². The van der Waals surface area contributed by atoms with Crippen molar-refractivity contribution < 1.29 is 0 Å². The molecule has 1 saturated heterocycles. The Balaban J connectivity index is 2.25. The predicted octanol–water partition coefficient (Wildman–Crippen LogP) is -0.474. The number of nitrogen functional groups attached to an aromatic ring is 1. The van der Waals surface area contributed by atoms with Crippen molar-refractivity contribution >= 4 is 11.5 Å². The molecule has 1 fully saturated rings.